The lowest BCUT2D eigenvalue weighted by Crippen LogP contribution is -2.40. The maximum atomic E-state index is 12.4. The molecule has 166 valence electrons. The minimum atomic E-state index is -3.67. The molecule has 1 aliphatic heterocycles. The van der Waals surface area contributed by atoms with Crippen LogP contribution in [0.25, 0.3) is 0 Å². The van der Waals surface area contributed by atoms with E-state index in [0.29, 0.717) is 5.56 Å². The Morgan fingerprint density at radius 3 is 2.03 bits per heavy atom. The van der Waals surface area contributed by atoms with E-state index in [1.165, 1.54) is 24.3 Å². The SMILES string of the molecule is CC(C)(C)NS(=O)(=O)c1ccc(C(=O)OCc2ccc(C(=O)N3CCCC3)cc2)cc1. The molecule has 31 heavy (non-hydrogen) atoms. The van der Waals surface area contributed by atoms with Crippen molar-refractivity contribution in [2.24, 2.45) is 0 Å². The van der Waals surface area contributed by atoms with E-state index in [0.717, 1.165) is 31.5 Å². The second kappa shape index (κ2) is 9.20. The van der Waals surface area contributed by atoms with Gasteiger partial charge in [-0.25, -0.2) is 17.9 Å². The Bertz CT molecular complexity index is 1030. The van der Waals surface area contributed by atoms with Crippen LogP contribution in [0.2, 0.25) is 0 Å². The van der Waals surface area contributed by atoms with Crippen LogP contribution >= 0.6 is 0 Å². The number of hydrogen-bond acceptors (Lipinski definition) is 5. The summed E-state index contributed by atoms with van der Waals surface area (Å²) in [6, 6.07) is 12.6. The summed E-state index contributed by atoms with van der Waals surface area (Å²) in [7, 11) is -3.67. The molecule has 8 heteroatoms. The van der Waals surface area contributed by atoms with Gasteiger partial charge >= 0.3 is 5.97 Å². The lowest BCUT2D eigenvalue weighted by atomic mass is 10.1. The zero-order chi connectivity index (χ0) is 22.6. The highest BCUT2D eigenvalue weighted by atomic mass is 32.2. The van der Waals surface area contributed by atoms with Crippen molar-refractivity contribution in [3.63, 3.8) is 0 Å². The van der Waals surface area contributed by atoms with Crippen LogP contribution in [-0.2, 0) is 21.4 Å². The summed E-state index contributed by atoms with van der Waals surface area (Å²) in [4.78, 5) is 26.6. The number of hydrogen-bond donors (Lipinski definition) is 1. The number of amides is 1. The van der Waals surface area contributed by atoms with Crippen molar-refractivity contribution in [3.8, 4) is 0 Å². The number of benzene rings is 2. The molecule has 2 aromatic carbocycles. The van der Waals surface area contributed by atoms with Crippen molar-refractivity contribution in [2.45, 2.75) is 50.7 Å². The first-order valence-corrected chi connectivity index (χ1v) is 11.7. The van der Waals surface area contributed by atoms with E-state index >= 15 is 0 Å². The molecule has 7 nitrogen and oxygen atoms in total. The number of rotatable bonds is 6. The highest BCUT2D eigenvalue weighted by Gasteiger charge is 2.22. The van der Waals surface area contributed by atoms with Crippen LogP contribution in [-0.4, -0.2) is 43.8 Å². The molecule has 1 heterocycles. The van der Waals surface area contributed by atoms with E-state index in [4.69, 9.17) is 4.74 Å². The van der Waals surface area contributed by atoms with E-state index < -0.39 is 21.5 Å². The number of nitrogens with zero attached hydrogens (tertiary/aromatic N) is 1. The lowest BCUT2D eigenvalue weighted by Gasteiger charge is -2.20. The Morgan fingerprint density at radius 1 is 0.935 bits per heavy atom. The maximum absolute atomic E-state index is 12.4. The van der Waals surface area contributed by atoms with Crippen LogP contribution in [0, 0.1) is 0 Å². The van der Waals surface area contributed by atoms with E-state index in [-0.39, 0.29) is 23.0 Å². The van der Waals surface area contributed by atoms with Crippen LogP contribution in [0.4, 0.5) is 0 Å². The summed E-state index contributed by atoms with van der Waals surface area (Å²) in [6.07, 6.45) is 2.08. The molecule has 1 N–H and O–H groups in total. The predicted octanol–water partition coefficient (Wildman–Crippen LogP) is 3.36. The highest BCUT2D eigenvalue weighted by molar-refractivity contribution is 7.89. The summed E-state index contributed by atoms with van der Waals surface area (Å²) in [5.41, 5.74) is 1.04. The number of ether oxygens (including phenoxy) is 1. The summed E-state index contributed by atoms with van der Waals surface area (Å²) in [5, 5.41) is 0. The van der Waals surface area contributed by atoms with Crippen LogP contribution in [0.15, 0.2) is 53.4 Å². The number of carbonyl (C=O) groups is 2. The highest BCUT2D eigenvalue weighted by Crippen LogP contribution is 2.16. The molecule has 0 atom stereocenters. The fourth-order valence-electron chi connectivity index (χ4n) is 3.31. The first-order chi connectivity index (χ1) is 14.5. The average Bonchev–Trinajstić information content (AvgIpc) is 3.25. The van der Waals surface area contributed by atoms with Gasteiger partial charge < -0.3 is 9.64 Å². The minimum Gasteiger partial charge on any atom is -0.457 e. The third kappa shape index (κ3) is 6.15. The second-order valence-corrected chi connectivity index (χ2v) is 10.3. The minimum absolute atomic E-state index is 0.0250. The normalized spacial score (nSPS) is 14.5. The van der Waals surface area contributed by atoms with E-state index in [9.17, 15) is 18.0 Å². The zero-order valence-electron chi connectivity index (χ0n) is 18.1. The van der Waals surface area contributed by atoms with Crippen LogP contribution in [0.3, 0.4) is 0 Å². The van der Waals surface area contributed by atoms with Crippen molar-refractivity contribution in [3.05, 3.63) is 65.2 Å². The molecular weight excluding hydrogens is 416 g/mol. The van der Waals surface area contributed by atoms with Gasteiger partial charge in [-0.1, -0.05) is 12.1 Å². The number of carbonyl (C=O) groups excluding carboxylic acids is 2. The van der Waals surface area contributed by atoms with Gasteiger partial charge in [0.1, 0.15) is 6.61 Å². The van der Waals surface area contributed by atoms with Crippen molar-refractivity contribution in [2.75, 3.05) is 13.1 Å². The molecule has 0 aromatic heterocycles. The van der Waals surface area contributed by atoms with Gasteiger partial charge in [-0.05, 0) is 75.6 Å². The van der Waals surface area contributed by atoms with Crippen molar-refractivity contribution in [1.29, 1.82) is 0 Å². The molecule has 0 bridgehead atoms. The summed E-state index contributed by atoms with van der Waals surface area (Å²) < 4.78 is 32.6. The van der Waals surface area contributed by atoms with Crippen LogP contribution in [0.1, 0.15) is 59.9 Å². The Kier molecular flexibility index (Phi) is 6.81. The molecule has 1 aliphatic rings. The first kappa shape index (κ1) is 23.0. The summed E-state index contributed by atoms with van der Waals surface area (Å²) in [6.45, 7) is 6.92. The zero-order valence-corrected chi connectivity index (χ0v) is 18.9. The smallest absolute Gasteiger partial charge is 0.338 e. The molecule has 1 fully saturated rings. The molecular formula is C23H28N2O5S. The number of esters is 1. The van der Waals surface area contributed by atoms with Gasteiger partial charge in [0.25, 0.3) is 5.91 Å². The van der Waals surface area contributed by atoms with Crippen molar-refractivity contribution in [1.82, 2.24) is 9.62 Å². The molecule has 3 rings (SSSR count). The molecule has 0 spiro atoms. The Labute approximate surface area is 183 Å². The Balaban J connectivity index is 1.57. The molecule has 2 aromatic rings. The third-order valence-corrected chi connectivity index (χ3v) is 6.58. The van der Waals surface area contributed by atoms with Gasteiger partial charge in [0.15, 0.2) is 0 Å². The topological polar surface area (TPSA) is 92.8 Å². The van der Waals surface area contributed by atoms with E-state index in [1.807, 2.05) is 4.90 Å². The van der Waals surface area contributed by atoms with Gasteiger partial charge in [-0.2, -0.15) is 0 Å². The van der Waals surface area contributed by atoms with Crippen molar-refractivity contribution < 1.29 is 22.7 Å². The number of likely N-dealkylation sites (tertiary alicyclic amines) is 1. The fraction of sp³-hybridized carbons (Fsp3) is 0.391. The van der Waals surface area contributed by atoms with Gasteiger partial charge in [0, 0.05) is 24.2 Å². The number of nitrogens with one attached hydrogen (secondary N) is 1. The molecule has 0 radical (unpaired) electrons. The van der Waals surface area contributed by atoms with E-state index in [1.54, 1.807) is 45.0 Å². The third-order valence-electron chi connectivity index (χ3n) is 4.80. The second-order valence-electron chi connectivity index (χ2n) is 8.65. The summed E-state index contributed by atoms with van der Waals surface area (Å²) in [5.74, 6) is -0.526. The molecule has 1 saturated heterocycles. The molecule has 1 amide bonds. The Hall–Kier alpha value is -2.71. The van der Waals surface area contributed by atoms with Crippen LogP contribution < -0.4 is 4.72 Å². The molecule has 0 unspecified atom stereocenters. The quantitative estimate of drug-likeness (QED) is 0.690. The average molecular weight is 445 g/mol. The predicted molar refractivity (Wildman–Crippen MR) is 117 cm³/mol. The van der Waals surface area contributed by atoms with Gasteiger partial charge in [-0.3, -0.25) is 4.79 Å². The Morgan fingerprint density at radius 2 is 1.48 bits per heavy atom. The maximum Gasteiger partial charge on any atom is 0.338 e. The molecule has 0 aliphatic carbocycles. The van der Waals surface area contributed by atoms with Crippen LogP contribution in [0.5, 0.6) is 0 Å². The molecule has 0 saturated carbocycles. The lowest BCUT2D eigenvalue weighted by molar-refractivity contribution is 0.0472. The first-order valence-electron chi connectivity index (χ1n) is 10.2. The fourth-order valence-corrected chi connectivity index (χ4v) is 4.73. The van der Waals surface area contributed by atoms with Crippen molar-refractivity contribution >= 4 is 21.9 Å². The standard InChI is InChI=1S/C23H28N2O5S/c1-23(2,3)24-31(28,29)20-12-10-19(11-13-20)22(27)30-16-17-6-8-18(9-7-17)21(26)25-14-4-5-15-25/h6-13,24H,4-5,14-16H2,1-3H3. The van der Waals surface area contributed by atoms with Gasteiger partial charge in [0.2, 0.25) is 10.0 Å². The van der Waals surface area contributed by atoms with E-state index in [2.05, 4.69) is 4.72 Å². The van der Waals surface area contributed by atoms with Gasteiger partial charge in [0.05, 0.1) is 10.5 Å². The van der Waals surface area contributed by atoms with Gasteiger partial charge in [-0.15, -0.1) is 0 Å². The largest absolute Gasteiger partial charge is 0.457 e. The number of sulfonamides is 1. The summed E-state index contributed by atoms with van der Waals surface area (Å²) >= 11 is 0. The monoisotopic (exact) mass is 444 g/mol.